The number of hydrogen-bond donors (Lipinski definition) is 1. The Kier molecular flexibility index (Phi) is 5.78. The Hall–Kier alpha value is -1.42. The Morgan fingerprint density at radius 3 is 2.78 bits per heavy atom. The second-order valence-corrected chi connectivity index (χ2v) is 4.91. The van der Waals surface area contributed by atoms with Crippen molar-refractivity contribution in [3.05, 3.63) is 24.0 Å². The predicted molar refractivity (Wildman–Crippen MR) is 71.7 cm³/mol. The molecular weight excluding hydrogens is 228 g/mol. The smallest absolute Gasteiger partial charge is 0.185 e. The molecule has 0 aliphatic rings. The van der Waals surface area contributed by atoms with E-state index in [4.69, 9.17) is 10.5 Å². The molecule has 0 aromatic carbocycles. The van der Waals surface area contributed by atoms with Gasteiger partial charge in [0.2, 0.25) is 0 Å². The largest absolute Gasteiger partial charge is 0.494 e. The van der Waals surface area contributed by atoms with Crippen LogP contribution in [0, 0.1) is 11.8 Å². The van der Waals surface area contributed by atoms with Gasteiger partial charge in [0.25, 0.3) is 0 Å². The third-order valence-electron chi connectivity index (χ3n) is 2.87. The SMILES string of the molecule is COc1cccnc1C(=O)CC(CN)CC(C)C. The molecule has 0 saturated carbocycles. The van der Waals surface area contributed by atoms with Gasteiger partial charge in [-0.1, -0.05) is 13.8 Å². The van der Waals surface area contributed by atoms with Crippen LogP contribution in [0.5, 0.6) is 5.75 Å². The fourth-order valence-corrected chi connectivity index (χ4v) is 2.05. The van der Waals surface area contributed by atoms with Gasteiger partial charge in [-0.05, 0) is 36.9 Å². The zero-order valence-corrected chi connectivity index (χ0v) is 11.3. The first-order chi connectivity index (χ1) is 8.58. The zero-order chi connectivity index (χ0) is 13.5. The van der Waals surface area contributed by atoms with E-state index < -0.39 is 0 Å². The third kappa shape index (κ3) is 4.11. The Morgan fingerprint density at radius 2 is 2.22 bits per heavy atom. The summed E-state index contributed by atoms with van der Waals surface area (Å²) in [5.41, 5.74) is 6.12. The lowest BCUT2D eigenvalue weighted by Gasteiger charge is -2.16. The number of aromatic nitrogens is 1. The standard InChI is InChI=1S/C14H22N2O2/c1-10(2)7-11(9-15)8-12(17)14-13(18-3)5-4-6-16-14/h4-6,10-11H,7-9,15H2,1-3H3. The maximum Gasteiger partial charge on any atom is 0.185 e. The maximum atomic E-state index is 12.2. The van der Waals surface area contributed by atoms with Crippen LogP contribution in [-0.2, 0) is 0 Å². The Bertz CT molecular complexity index is 391. The number of nitrogens with two attached hydrogens (primary N) is 1. The van der Waals surface area contributed by atoms with Gasteiger partial charge in [-0.15, -0.1) is 0 Å². The van der Waals surface area contributed by atoms with E-state index in [2.05, 4.69) is 18.8 Å². The van der Waals surface area contributed by atoms with Crippen molar-refractivity contribution < 1.29 is 9.53 Å². The normalized spacial score (nSPS) is 12.5. The molecule has 0 spiro atoms. The summed E-state index contributed by atoms with van der Waals surface area (Å²) in [4.78, 5) is 16.3. The number of pyridine rings is 1. The summed E-state index contributed by atoms with van der Waals surface area (Å²) in [5.74, 6) is 1.28. The van der Waals surface area contributed by atoms with Crippen LogP contribution in [0.3, 0.4) is 0 Å². The number of hydrogen-bond acceptors (Lipinski definition) is 4. The monoisotopic (exact) mass is 250 g/mol. The molecule has 0 fully saturated rings. The van der Waals surface area contributed by atoms with Crippen molar-refractivity contribution in [2.45, 2.75) is 26.7 Å². The Morgan fingerprint density at radius 1 is 1.50 bits per heavy atom. The second kappa shape index (κ2) is 7.11. The van der Waals surface area contributed by atoms with Gasteiger partial charge < -0.3 is 10.5 Å². The van der Waals surface area contributed by atoms with Gasteiger partial charge >= 0.3 is 0 Å². The van der Waals surface area contributed by atoms with Gasteiger partial charge in [0.15, 0.2) is 5.78 Å². The van der Waals surface area contributed by atoms with E-state index in [-0.39, 0.29) is 11.7 Å². The van der Waals surface area contributed by atoms with Crippen LogP contribution in [0.1, 0.15) is 37.2 Å². The number of nitrogens with zero attached hydrogens (tertiary/aromatic N) is 1. The summed E-state index contributed by atoms with van der Waals surface area (Å²) < 4.78 is 5.15. The molecule has 0 aliphatic carbocycles. The first-order valence-corrected chi connectivity index (χ1v) is 6.30. The summed E-state index contributed by atoms with van der Waals surface area (Å²) in [7, 11) is 1.54. The van der Waals surface area contributed by atoms with Crippen molar-refractivity contribution in [2.75, 3.05) is 13.7 Å². The highest BCUT2D eigenvalue weighted by molar-refractivity contribution is 5.96. The Balaban J connectivity index is 2.74. The number of carbonyl (C=O) groups is 1. The summed E-state index contributed by atoms with van der Waals surface area (Å²) >= 11 is 0. The molecule has 1 rings (SSSR count). The van der Waals surface area contributed by atoms with Crippen molar-refractivity contribution >= 4 is 5.78 Å². The average Bonchev–Trinajstić information content (AvgIpc) is 2.37. The van der Waals surface area contributed by atoms with Crippen LogP contribution in [0.2, 0.25) is 0 Å². The van der Waals surface area contributed by atoms with Gasteiger partial charge in [-0.25, -0.2) is 4.98 Å². The van der Waals surface area contributed by atoms with Crippen LogP contribution in [0.25, 0.3) is 0 Å². The molecule has 2 N–H and O–H groups in total. The van der Waals surface area contributed by atoms with Crippen LogP contribution in [0.4, 0.5) is 0 Å². The molecule has 100 valence electrons. The minimum absolute atomic E-state index is 0.00329. The van der Waals surface area contributed by atoms with Crippen LogP contribution < -0.4 is 10.5 Å². The van der Waals surface area contributed by atoms with Crippen molar-refractivity contribution in [1.82, 2.24) is 4.98 Å². The van der Waals surface area contributed by atoms with Crippen LogP contribution in [0.15, 0.2) is 18.3 Å². The lowest BCUT2D eigenvalue weighted by atomic mass is 9.91. The summed E-state index contributed by atoms with van der Waals surface area (Å²) in [6, 6.07) is 3.50. The van der Waals surface area contributed by atoms with Crippen LogP contribution in [-0.4, -0.2) is 24.4 Å². The van der Waals surface area contributed by atoms with E-state index in [1.54, 1.807) is 25.4 Å². The number of carbonyl (C=O) groups excluding carboxylic acids is 1. The van der Waals surface area contributed by atoms with Gasteiger partial charge in [0.05, 0.1) is 7.11 Å². The molecule has 4 heteroatoms. The maximum absolute atomic E-state index is 12.2. The highest BCUT2D eigenvalue weighted by Crippen LogP contribution is 2.21. The minimum Gasteiger partial charge on any atom is -0.494 e. The van der Waals surface area contributed by atoms with E-state index >= 15 is 0 Å². The number of ether oxygens (including phenoxy) is 1. The number of ketones is 1. The first-order valence-electron chi connectivity index (χ1n) is 6.30. The molecule has 18 heavy (non-hydrogen) atoms. The van der Waals surface area contributed by atoms with Crippen molar-refractivity contribution in [3.63, 3.8) is 0 Å². The topological polar surface area (TPSA) is 65.2 Å². The summed E-state index contributed by atoms with van der Waals surface area (Å²) in [5, 5.41) is 0. The lowest BCUT2D eigenvalue weighted by Crippen LogP contribution is -2.20. The molecule has 1 atom stereocenters. The highest BCUT2D eigenvalue weighted by Gasteiger charge is 2.19. The predicted octanol–water partition coefficient (Wildman–Crippen LogP) is 2.28. The van der Waals surface area contributed by atoms with Gasteiger partial charge in [-0.2, -0.15) is 0 Å². The molecule has 0 aliphatic heterocycles. The van der Waals surface area contributed by atoms with Gasteiger partial charge in [0, 0.05) is 12.6 Å². The molecule has 1 heterocycles. The van der Waals surface area contributed by atoms with E-state index in [1.807, 2.05) is 0 Å². The van der Waals surface area contributed by atoms with E-state index in [0.29, 0.717) is 30.3 Å². The van der Waals surface area contributed by atoms with Gasteiger partial charge in [-0.3, -0.25) is 4.79 Å². The van der Waals surface area contributed by atoms with Gasteiger partial charge in [0.1, 0.15) is 11.4 Å². The fraction of sp³-hybridized carbons (Fsp3) is 0.571. The summed E-state index contributed by atoms with van der Waals surface area (Å²) in [6.45, 7) is 4.79. The average molecular weight is 250 g/mol. The number of Topliss-reactive ketones (excluding diaryl/α,β-unsaturated/α-hetero) is 1. The molecule has 0 saturated heterocycles. The molecule has 0 radical (unpaired) electrons. The number of methoxy groups -OCH3 is 1. The van der Waals surface area contributed by atoms with E-state index in [1.165, 1.54) is 0 Å². The van der Waals surface area contributed by atoms with Crippen molar-refractivity contribution in [3.8, 4) is 5.75 Å². The lowest BCUT2D eigenvalue weighted by molar-refractivity contribution is 0.0949. The van der Waals surface area contributed by atoms with E-state index in [9.17, 15) is 4.79 Å². The summed E-state index contributed by atoms with van der Waals surface area (Å²) in [6.07, 6.45) is 3.00. The van der Waals surface area contributed by atoms with Crippen LogP contribution >= 0.6 is 0 Å². The minimum atomic E-state index is 0.00329. The van der Waals surface area contributed by atoms with E-state index in [0.717, 1.165) is 6.42 Å². The fourth-order valence-electron chi connectivity index (χ4n) is 2.05. The second-order valence-electron chi connectivity index (χ2n) is 4.91. The third-order valence-corrected chi connectivity index (χ3v) is 2.87. The molecule has 1 aromatic heterocycles. The molecule has 4 nitrogen and oxygen atoms in total. The Labute approximate surface area is 109 Å². The van der Waals surface area contributed by atoms with Crippen molar-refractivity contribution in [1.29, 1.82) is 0 Å². The quantitative estimate of drug-likeness (QED) is 0.754. The number of rotatable bonds is 7. The molecule has 1 unspecified atom stereocenters. The molecule has 0 amide bonds. The zero-order valence-electron chi connectivity index (χ0n) is 11.3. The highest BCUT2D eigenvalue weighted by atomic mass is 16.5. The van der Waals surface area contributed by atoms with Crippen molar-refractivity contribution in [2.24, 2.45) is 17.6 Å². The molecule has 0 bridgehead atoms. The molecule has 1 aromatic rings. The first kappa shape index (κ1) is 14.6. The molecular formula is C14H22N2O2.